The van der Waals surface area contributed by atoms with Crippen molar-refractivity contribution in [3.63, 3.8) is 0 Å². The van der Waals surface area contributed by atoms with Gasteiger partial charge in [-0.3, -0.25) is 4.90 Å². The monoisotopic (exact) mass is 270 g/mol. The highest BCUT2D eigenvalue weighted by molar-refractivity contribution is 5.19. The number of aromatic nitrogens is 1. The Bertz CT molecular complexity index is 535. The average molecular weight is 270 g/mol. The first-order valence-corrected chi connectivity index (χ1v) is 7.51. The number of rotatable bonds is 3. The lowest BCUT2D eigenvalue weighted by Gasteiger charge is -2.18. The van der Waals surface area contributed by atoms with E-state index in [2.05, 4.69) is 40.4 Å². The highest BCUT2D eigenvalue weighted by atomic mass is 16.5. The summed E-state index contributed by atoms with van der Waals surface area (Å²) in [5, 5.41) is 3.97. The van der Waals surface area contributed by atoms with Gasteiger partial charge in [-0.25, -0.2) is 0 Å². The van der Waals surface area contributed by atoms with Crippen LogP contribution in [0.15, 0.2) is 40.9 Å². The zero-order valence-electron chi connectivity index (χ0n) is 12.1. The van der Waals surface area contributed by atoms with E-state index in [9.17, 15) is 0 Å². The fraction of sp³-hybridized carbons (Fsp3) is 0.471. The first-order valence-electron chi connectivity index (χ1n) is 7.51. The first-order chi connectivity index (χ1) is 9.81. The third-order valence-electron chi connectivity index (χ3n) is 4.15. The standard InChI is InChI=1S/C17H22N2O/c1-14-12-17(20-18-14)13-19-10-5-8-16(9-11-19)15-6-3-2-4-7-15/h2-4,6-7,12,16H,5,8-11,13H2,1H3. The second kappa shape index (κ2) is 6.23. The van der Waals surface area contributed by atoms with E-state index in [1.165, 1.54) is 24.8 Å². The van der Waals surface area contributed by atoms with Crippen LogP contribution < -0.4 is 0 Å². The molecule has 1 unspecified atom stereocenters. The number of likely N-dealkylation sites (tertiary alicyclic amines) is 1. The molecule has 1 saturated heterocycles. The van der Waals surface area contributed by atoms with Gasteiger partial charge in [-0.15, -0.1) is 0 Å². The minimum Gasteiger partial charge on any atom is -0.360 e. The first kappa shape index (κ1) is 13.4. The second-order valence-electron chi connectivity index (χ2n) is 5.75. The van der Waals surface area contributed by atoms with Gasteiger partial charge < -0.3 is 4.52 Å². The molecule has 0 saturated carbocycles. The molecule has 1 aromatic carbocycles. The Kier molecular flexibility index (Phi) is 4.16. The van der Waals surface area contributed by atoms with Gasteiger partial charge in [0.1, 0.15) is 0 Å². The van der Waals surface area contributed by atoms with Crippen molar-refractivity contribution in [3.05, 3.63) is 53.4 Å². The predicted octanol–water partition coefficient (Wildman–Crippen LogP) is 3.75. The van der Waals surface area contributed by atoms with Gasteiger partial charge in [0, 0.05) is 6.07 Å². The van der Waals surface area contributed by atoms with E-state index in [4.69, 9.17) is 4.52 Å². The van der Waals surface area contributed by atoms with Gasteiger partial charge in [0.15, 0.2) is 5.76 Å². The van der Waals surface area contributed by atoms with Crippen LogP contribution in [-0.2, 0) is 6.54 Å². The maximum absolute atomic E-state index is 5.33. The van der Waals surface area contributed by atoms with Crippen LogP contribution in [0.1, 0.15) is 42.2 Å². The molecule has 1 fully saturated rings. The fourth-order valence-corrected chi connectivity index (χ4v) is 3.08. The molecule has 3 rings (SSSR count). The van der Waals surface area contributed by atoms with Crippen molar-refractivity contribution in [2.45, 2.75) is 38.6 Å². The Morgan fingerprint density at radius 1 is 1.20 bits per heavy atom. The van der Waals surface area contributed by atoms with Crippen molar-refractivity contribution in [2.24, 2.45) is 0 Å². The number of benzene rings is 1. The van der Waals surface area contributed by atoms with Crippen molar-refractivity contribution in [3.8, 4) is 0 Å². The Morgan fingerprint density at radius 2 is 2.05 bits per heavy atom. The van der Waals surface area contributed by atoms with Crippen LogP contribution >= 0.6 is 0 Å². The predicted molar refractivity (Wildman–Crippen MR) is 79.6 cm³/mol. The van der Waals surface area contributed by atoms with E-state index in [1.54, 1.807) is 0 Å². The highest BCUT2D eigenvalue weighted by Gasteiger charge is 2.19. The molecule has 20 heavy (non-hydrogen) atoms. The lowest BCUT2D eigenvalue weighted by atomic mass is 9.92. The third-order valence-corrected chi connectivity index (χ3v) is 4.15. The van der Waals surface area contributed by atoms with E-state index in [-0.39, 0.29) is 0 Å². The van der Waals surface area contributed by atoms with Gasteiger partial charge in [0.2, 0.25) is 0 Å². The van der Waals surface area contributed by atoms with Gasteiger partial charge >= 0.3 is 0 Å². The molecule has 1 aliphatic rings. The zero-order chi connectivity index (χ0) is 13.8. The van der Waals surface area contributed by atoms with E-state index < -0.39 is 0 Å². The molecule has 0 bridgehead atoms. The van der Waals surface area contributed by atoms with E-state index in [0.717, 1.165) is 31.1 Å². The van der Waals surface area contributed by atoms with Gasteiger partial charge in [0.05, 0.1) is 12.2 Å². The molecular formula is C17H22N2O. The van der Waals surface area contributed by atoms with E-state index in [1.807, 2.05) is 13.0 Å². The Hall–Kier alpha value is -1.61. The average Bonchev–Trinajstić information content (AvgIpc) is 2.74. The summed E-state index contributed by atoms with van der Waals surface area (Å²) in [6.07, 6.45) is 3.78. The number of nitrogens with zero attached hydrogens (tertiary/aromatic N) is 2. The van der Waals surface area contributed by atoms with Crippen LogP contribution in [0, 0.1) is 6.92 Å². The lowest BCUT2D eigenvalue weighted by molar-refractivity contribution is 0.237. The highest BCUT2D eigenvalue weighted by Crippen LogP contribution is 2.28. The second-order valence-corrected chi connectivity index (χ2v) is 5.75. The van der Waals surface area contributed by atoms with E-state index in [0.29, 0.717) is 5.92 Å². The molecule has 2 aromatic rings. The molecule has 106 valence electrons. The van der Waals surface area contributed by atoms with Crippen LogP contribution in [0.5, 0.6) is 0 Å². The van der Waals surface area contributed by atoms with Gasteiger partial charge in [0.25, 0.3) is 0 Å². The van der Waals surface area contributed by atoms with Crippen molar-refractivity contribution in [2.75, 3.05) is 13.1 Å². The van der Waals surface area contributed by atoms with Gasteiger partial charge in [-0.1, -0.05) is 35.5 Å². The molecule has 1 aliphatic heterocycles. The number of hydrogen-bond donors (Lipinski definition) is 0. The molecule has 3 heteroatoms. The maximum atomic E-state index is 5.33. The molecule has 0 amide bonds. The third kappa shape index (κ3) is 3.28. The summed E-state index contributed by atoms with van der Waals surface area (Å²) in [4.78, 5) is 2.49. The number of aryl methyl sites for hydroxylation is 1. The quantitative estimate of drug-likeness (QED) is 0.850. The van der Waals surface area contributed by atoms with Crippen molar-refractivity contribution >= 4 is 0 Å². The molecular weight excluding hydrogens is 248 g/mol. The molecule has 1 aromatic heterocycles. The molecule has 0 N–H and O–H groups in total. The van der Waals surface area contributed by atoms with Crippen LogP contribution in [0.2, 0.25) is 0 Å². The minimum absolute atomic E-state index is 0.706. The smallest absolute Gasteiger partial charge is 0.150 e. The molecule has 0 aliphatic carbocycles. The molecule has 2 heterocycles. The maximum Gasteiger partial charge on any atom is 0.150 e. The molecule has 1 atom stereocenters. The molecule has 0 radical (unpaired) electrons. The normalized spacial score (nSPS) is 20.8. The van der Waals surface area contributed by atoms with Crippen LogP contribution in [0.25, 0.3) is 0 Å². The van der Waals surface area contributed by atoms with E-state index >= 15 is 0 Å². The largest absolute Gasteiger partial charge is 0.360 e. The molecule has 3 nitrogen and oxygen atoms in total. The topological polar surface area (TPSA) is 29.3 Å². The van der Waals surface area contributed by atoms with Crippen LogP contribution in [0.4, 0.5) is 0 Å². The van der Waals surface area contributed by atoms with Crippen molar-refractivity contribution in [1.29, 1.82) is 0 Å². The molecule has 0 spiro atoms. The van der Waals surface area contributed by atoms with Crippen LogP contribution in [-0.4, -0.2) is 23.1 Å². The van der Waals surface area contributed by atoms with Crippen molar-refractivity contribution < 1.29 is 4.52 Å². The van der Waals surface area contributed by atoms with Gasteiger partial charge in [-0.2, -0.15) is 0 Å². The summed E-state index contributed by atoms with van der Waals surface area (Å²) in [5.41, 5.74) is 2.46. The summed E-state index contributed by atoms with van der Waals surface area (Å²) < 4.78 is 5.33. The van der Waals surface area contributed by atoms with Crippen molar-refractivity contribution in [1.82, 2.24) is 10.1 Å². The lowest BCUT2D eigenvalue weighted by Crippen LogP contribution is -2.23. The summed E-state index contributed by atoms with van der Waals surface area (Å²) in [5.74, 6) is 1.69. The SMILES string of the molecule is Cc1cc(CN2CCCC(c3ccccc3)CC2)on1. The zero-order valence-corrected chi connectivity index (χ0v) is 12.1. The Labute approximate surface area is 120 Å². The summed E-state index contributed by atoms with van der Waals surface area (Å²) >= 11 is 0. The number of hydrogen-bond acceptors (Lipinski definition) is 3. The summed E-state index contributed by atoms with van der Waals surface area (Å²) in [6, 6.07) is 13.0. The minimum atomic E-state index is 0.706. The fourth-order valence-electron chi connectivity index (χ4n) is 3.08. The van der Waals surface area contributed by atoms with Gasteiger partial charge in [-0.05, 0) is 50.8 Å². The Balaban J connectivity index is 1.59. The Morgan fingerprint density at radius 3 is 2.80 bits per heavy atom. The summed E-state index contributed by atoms with van der Waals surface area (Å²) in [7, 11) is 0. The van der Waals surface area contributed by atoms with Crippen LogP contribution in [0.3, 0.4) is 0 Å². The summed E-state index contributed by atoms with van der Waals surface area (Å²) in [6.45, 7) is 5.16.